The number of carbonyl (C=O) groups excluding carboxylic acids is 2. The average Bonchev–Trinajstić information content (AvgIpc) is 3.24. The number of anilines is 2. The van der Waals surface area contributed by atoms with Gasteiger partial charge in [0.05, 0.1) is 5.92 Å². The number of benzene rings is 1. The number of aryl methyl sites for hydroxylation is 1. The van der Waals surface area contributed by atoms with Crippen molar-refractivity contribution < 1.29 is 9.59 Å². The molecule has 1 aliphatic rings. The SMILES string of the molecule is CCC(C)(C)c1nnc(NC(=O)C2CC(=O)N(c3ccc(C)c(Cl)c3)C2)s1. The Morgan fingerprint density at radius 2 is 2.15 bits per heavy atom. The molecule has 144 valence electrons. The van der Waals surface area contributed by atoms with Gasteiger partial charge < -0.3 is 10.2 Å². The van der Waals surface area contributed by atoms with Crippen LogP contribution in [0.15, 0.2) is 18.2 Å². The van der Waals surface area contributed by atoms with Crippen LogP contribution in [-0.2, 0) is 15.0 Å². The molecule has 8 heteroatoms. The van der Waals surface area contributed by atoms with E-state index in [1.165, 1.54) is 11.3 Å². The number of hydrogen-bond acceptors (Lipinski definition) is 5. The van der Waals surface area contributed by atoms with E-state index in [0.717, 1.165) is 17.0 Å². The first-order chi connectivity index (χ1) is 12.7. The van der Waals surface area contributed by atoms with E-state index in [1.807, 2.05) is 19.1 Å². The Balaban J connectivity index is 1.68. The van der Waals surface area contributed by atoms with Crippen LogP contribution in [0.1, 0.15) is 44.2 Å². The fraction of sp³-hybridized carbons (Fsp3) is 0.474. The Hall–Kier alpha value is -1.99. The monoisotopic (exact) mass is 406 g/mol. The predicted molar refractivity (Wildman–Crippen MR) is 109 cm³/mol. The van der Waals surface area contributed by atoms with E-state index in [1.54, 1.807) is 11.0 Å². The lowest BCUT2D eigenvalue weighted by Crippen LogP contribution is -2.28. The number of rotatable bonds is 5. The first-order valence-electron chi connectivity index (χ1n) is 8.92. The molecule has 0 saturated carbocycles. The number of carbonyl (C=O) groups is 2. The maximum absolute atomic E-state index is 12.6. The van der Waals surface area contributed by atoms with E-state index in [0.29, 0.717) is 22.4 Å². The molecule has 1 unspecified atom stereocenters. The lowest BCUT2D eigenvalue weighted by atomic mass is 9.91. The highest BCUT2D eigenvalue weighted by molar-refractivity contribution is 7.15. The maximum atomic E-state index is 12.6. The number of amides is 2. The van der Waals surface area contributed by atoms with Crippen LogP contribution >= 0.6 is 22.9 Å². The van der Waals surface area contributed by atoms with E-state index >= 15 is 0 Å². The van der Waals surface area contributed by atoms with Gasteiger partial charge >= 0.3 is 0 Å². The van der Waals surface area contributed by atoms with Gasteiger partial charge in [-0.2, -0.15) is 0 Å². The Bertz CT molecular complexity index is 880. The van der Waals surface area contributed by atoms with E-state index in [-0.39, 0.29) is 23.7 Å². The summed E-state index contributed by atoms with van der Waals surface area (Å²) in [6.07, 6.45) is 1.10. The van der Waals surface area contributed by atoms with E-state index in [2.05, 4.69) is 36.3 Å². The van der Waals surface area contributed by atoms with Gasteiger partial charge in [0.15, 0.2) is 0 Å². The number of halogens is 1. The quantitative estimate of drug-likeness (QED) is 0.808. The van der Waals surface area contributed by atoms with E-state index in [9.17, 15) is 9.59 Å². The molecule has 2 aromatic rings. The van der Waals surface area contributed by atoms with Gasteiger partial charge in [0.1, 0.15) is 5.01 Å². The highest BCUT2D eigenvalue weighted by atomic mass is 35.5. The van der Waals surface area contributed by atoms with Crippen LogP contribution in [0.25, 0.3) is 0 Å². The van der Waals surface area contributed by atoms with Gasteiger partial charge in [-0.15, -0.1) is 10.2 Å². The van der Waals surface area contributed by atoms with Crippen LogP contribution in [0.3, 0.4) is 0 Å². The lowest BCUT2D eigenvalue weighted by molar-refractivity contribution is -0.122. The second kappa shape index (κ2) is 7.56. The summed E-state index contributed by atoms with van der Waals surface area (Å²) in [5.74, 6) is -0.717. The third kappa shape index (κ3) is 4.14. The Kier molecular flexibility index (Phi) is 5.53. The molecule has 2 amide bonds. The summed E-state index contributed by atoms with van der Waals surface area (Å²) in [5, 5.41) is 13.1. The minimum absolute atomic E-state index is 0.0779. The molecule has 1 aromatic heterocycles. The molecule has 0 radical (unpaired) electrons. The third-order valence-corrected chi connectivity index (χ3v) is 6.69. The van der Waals surface area contributed by atoms with Gasteiger partial charge in [0.25, 0.3) is 0 Å². The summed E-state index contributed by atoms with van der Waals surface area (Å²) >= 11 is 7.55. The molecular formula is C19H23ClN4O2S. The fourth-order valence-corrected chi connectivity index (χ4v) is 3.88. The zero-order chi connectivity index (χ0) is 19.8. The van der Waals surface area contributed by atoms with Crippen molar-refractivity contribution in [3.63, 3.8) is 0 Å². The number of hydrogen-bond donors (Lipinski definition) is 1. The van der Waals surface area contributed by atoms with Crippen molar-refractivity contribution in [2.24, 2.45) is 5.92 Å². The van der Waals surface area contributed by atoms with Gasteiger partial charge in [-0.1, -0.05) is 49.8 Å². The highest BCUT2D eigenvalue weighted by Crippen LogP contribution is 2.32. The van der Waals surface area contributed by atoms with Gasteiger partial charge in [-0.05, 0) is 31.0 Å². The summed E-state index contributed by atoms with van der Waals surface area (Å²) in [5.41, 5.74) is 1.59. The Morgan fingerprint density at radius 3 is 2.81 bits per heavy atom. The largest absolute Gasteiger partial charge is 0.312 e. The van der Waals surface area contributed by atoms with E-state index in [4.69, 9.17) is 11.6 Å². The second-order valence-electron chi connectivity index (χ2n) is 7.48. The van der Waals surface area contributed by atoms with Gasteiger partial charge in [0, 0.05) is 29.1 Å². The van der Waals surface area contributed by atoms with Crippen molar-refractivity contribution in [3.05, 3.63) is 33.8 Å². The van der Waals surface area contributed by atoms with Crippen LogP contribution in [0.4, 0.5) is 10.8 Å². The zero-order valence-electron chi connectivity index (χ0n) is 15.9. The summed E-state index contributed by atoms with van der Waals surface area (Å²) in [6.45, 7) is 8.52. The van der Waals surface area contributed by atoms with Crippen LogP contribution in [0.2, 0.25) is 5.02 Å². The summed E-state index contributed by atoms with van der Waals surface area (Å²) < 4.78 is 0. The second-order valence-corrected chi connectivity index (χ2v) is 8.86. The molecule has 1 aliphatic heterocycles. The van der Waals surface area contributed by atoms with Crippen LogP contribution in [-0.4, -0.2) is 28.6 Å². The molecule has 27 heavy (non-hydrogen) atoms. The molecular weight excluding hydrogens is 384 g/mol. The van der Waals surface area contributed by atoms with Crippen LogP contribution in [0, 0.1) is 12.8 Å². The van der Waals surface area contributed by atoms with Crippen molar-refractivity contribution in [2.45, 2.75) is 46.0 Å². The molecule has 1 N–H and O–H groups in total. The average molecular weight is 407 g/mol. The lowest BCUT2D eigenvalue weighted by Gasteiger charge is -2.18. The molecule has 2 heterocycles. The van der Waals surface area contributed by atoms with Gasteiger partial charge in [-0.25, -0.2) is 0 Å². The molecule has 1 saturated heterocycles. The Labute approximate surface area is 167 Å². The highest BCUT2D eigenvalue weighted by Gasteiger charge is 2.36. The van der Waals surface area contributed by atoms with Gasteiger partial charge in [0.2, 0.25) is 16.9 Å². The predicted octanol–water partition coefficient (Wildman–Crippen LogP) is 4.18. The molecule has 0 bridgehead atoms. The minimum Gasteiger partial charge on any atom is -0.312 e. The standard InChI is InChI=1S/C19H23ClN4O2S/c1-5-19(3,4)17-22-23-18(27-17)21-16(26)12-8-15(25)24(10-12)13-7-6-11(2)14(20)9-13/h6-7,9,12H,5,8,10H2,1-4H3,(H,21,23,26). The molecule has 1 atom stereocenters. The van der Waals surface area contributed by atoms with Crippen LogP contribution in [0.5, 0.6) is 0 Å². The van der Waals surface area contributed by atoms with Crippen molar-refractivity contribution >= 4 is 45.6 Å². The Morgan fingerprint density at radius 1 is 1.41 bits per heavy atom. The van der Waals surface area contributed by atoms with Crippen LogP contribution < -0.4 is 10.2 Å². The first kappa shape index (κ1) is 19.8. The molecule has 1 aromatic carbocycles. The maximum Gasteiger partial charge on any atom is 0.231 e. The minimum atomic E-state index is -0.427. The number of nitrogens with zero attached hydrogens (tertiary/aromatic N) is 3. The molecule has 0 spiro atoms. The van der Waals surface area contributed by atoms with Gasteiger partial charge in [-0.3, -0.25) is 9.59 Å². The summed E-state index contributed by atoms with van der Waals surface area (Å²) in [4.78, 5) is 26.6. The van der Waals surface area contributed by atoms with Crippen molar-refractivity contribution in [1.29, 1.82) is 0 Å². The van der Waals surface area contributed by atoms with E-state index < -0.39 is 5.92 Å². The normalized spacial score (nSPS) is 17.4. The summed E-state index contributed by atoms with van der Waals surface area (Å²) in [6, 6.07) is 5.48. The molecule has 1 fully saturated rings. The van der Waals surface area contributed by atoms with Crippen molar-refractivity contribution in [3.8, 4) is 0 Å². The fourth-order valence-electron chi connectivity index (χ4n) is 2.79. The first-order valence-corrected chi connectivity index (χ1v) is 10.1. The van der Waals surface area contributed by atoms with Crippen molar-refractivity contribution in [2.75, 3.05) is 16.8 Å². The number of nitrogens with one attached hydrogen (secondary N) is 1. The number of aromatic nitrogens is 2. The third-order valence-electron chi connectivity index (χ3n) is 5.08. The molecule has 0 aliphatic carbocycles. The topological polar surface area (TPSA) is 75.2 Å². The summed E-state index contributed by atoms with van der Waals surface area (Å²) in [7, 11) is 0. The van der Waals surface area contributed by atoms with Crippen molar-refractivity contribution in [1.82, 2.24) is 10.2 Å². The molecule has 6 nitrogen and oxygen atoms in total. The molecule has 3 rings (SSSR count). The zero-order valence-corrected chi connectivity index (χ0v) is 17.4. The smallest absolute Gasteiger partial charge is 0.231 e.